The molecule has 0 fully saturated rings. The van der Waals surface area contributed by atoms with Gasteiger partial charge < -0.3 is 15.9 Å². The van der Waals surface area contributed by atoms with E-state index in [0.29, 0.717) is 6.29 Å². The number of aromatic nitrogens is 1. The lowest BCUT2D eigenvalue weighted by molar-refractivity contribution is -0.121. The number of aldehydes is 1. The number of aliphatic hydroxyl groups is 2. The molecule has 4 N–H and O–H groups in total. The van der Waals surface area contributed by atoms with Crippen LogP contribution in [-0.2, 0) is 4.79 Å². The Hall–Kier alpha value is -1.79. The highest BCUT2D eigenvalue weighted by Crippen LogP contribution is 2.16. The highest BCUT2D eigenvalue weighted by Gasteiger charge is 2.21. The maximum Gasteiger partial charge on any atom is 0.220 e. The number of carbonyl (C=O) groups excluding carboxylic acids is 2. The van der Waals surface area contributed by atoms with Crippen molar-refractivity contribution in [2.24, 2.45) is 5.73 Å². The molecule has 0 spiro atoms. The Bertz CT molecular complexity index is 394. The summed E-state index contributed by atoms with van der Waals surface area (Å²) in [5.74, 6) is -0.724. The zero-order valence-electron chi connectivity index (χ0n) is 8.41. The topological polar surface area (TPSA) is 114 Å². The third kappa shape index (κ3) is 3.11. The van der Waals surface area contributed by atoms with E-state index in [9.17, 15) is 19.8 Å². The van der Waals surface area contributed by atoms with Crippen LogP contribution in [0.5, 0.6) is 0 Å². The molecule has 6 nitrogen and oxygen atoms in total. The van der Waals surface area contributed by atoms with Crippen LogP contribution >= 0.6 is 0 Å². The normalized spacial score (nSPS) is 14.1. The van der Waals surface area contributed by atoms with Gasteiger partial charge in [-0.2, -0.15) is 0 Å². The molecular weight excluding hydrogens is 212 g/mol. The van der Waals surface area contributed by atoms with E-state index in [2.05, 4.69) is 4.98 Å². The molecule has 0 bridgehead atoms. The predicted octanol–water partition coefficient (Wildman–Crippen LogP) is -0.836. The van der Waals surface area contributed by atoms with Crippen molar-refractivity contribution >= 4 is 12.2 Å². The van der Waals surface area contributed by atoms with Crippen molar-refractivity contribution in [2.45, 2.75) is 18.6 Å². The van der Waals surface area contributed by atoms with E-state index in [1.165, 1.54) is 18.2 Å². The number of nitrogens with two attached hydrogens (primary N) is 1. The molecule has 1 heterocycles. The zero-order chi connectivity index (χ0) is 12.1. The first-order valence-electron chi connectivity index (χ1n) is 4.61. The monoisotopic (exact) mass is 224 g/mol. The average molecular weight is 224 g/mol. The van der Waals surface area contributed by atoms with Gasteiger partial charge in [-0.1, -0.05) is 6.07 Å². The number of hydrogen-bond acceptors (Lipinski definition) is 5. The van der Waals surface area contributed by atoms with Gasteiger partial charge in [0.1, 0.15) is 11.8 Å². The van der Waals surface area contributed by atoms with Crippen LogP contribution in [0.15, 0.2) is 18.2 Å². The summed E-state index contributed by atoms with van der Waals surface area (Å²) in [4.78, 5) is 24.8. The average Bonchev–Trinajstić information content (AvgIpc) is 2.27. The van der Waals surface area contributed by atoms with Crippen LogP contribution in [0.4, 0.5) is 0 Å². The SMILES string of the molecule is NC(=O)CC(O)C(O)c1cccc(C=O)n1. The van der Waals surface area contributed by atoms with E-state index in [1.807, 2.05) is 0 Å². The minimum atomic E-state index is -1.34. The predicted molar refractivity (Wildman–Crippen MR) is 54.4 cm³/mol. The Kier molecular flexibility index (Phi) is 4.10. The molecule has 2 unspecified atom stereocenters. The van der Waals surface area contributed by atoms with Gasteiger partial charge in [0.2, 0.25) is 5.91 Å². The summed E-state index contributed by atoms with van der Waals surface area (Å²) in [6, 6.07) is 4.43. The maximum atomic E-state index is 10.5. The summed E-state index contributed by atoms with van der Waals surface area (Å²) in [7, 11) is 0. The Morgan fingerprint density at radius 2 is 2.19 bits per heavy atom. The zero-order valence-corrected chi connectivity index (χ0v) is 8.41. The van der Waals surface area contributed by atoms with E-state index in [0.717, 1.165) is 0 Å². The highest BCUT2D eigenvalue weighted by atomic mass is 16.3. The maximum absolute atomic E-state index is 10.5. The van der Waals surface area contributed by atoms with Gasteiger partial charge in [-0.3, -0.25) is 9.59 Å². The summed E-state index contributed by atoms with van der Waals surface area (Å²) in [5.41, 5.74) is 5.14. The van der Waals surface area contributed by atoms with Crippen molar-refractivity contribution in [2.75, 3.05) is 0 Å². The van der Waals surface area contributed by atoms with Gasteiger partial charge in [0.05, 0.1) is 18.2 Å². The third-order valence-corrected chi connectivity index (χ3v) is 1.99. The van der Waals surface area contributed by atoms with Crippen molar-refractivity contribution in [1.29, 1.82) is 0 Å². The standard InChI is InChI=1S/C10H12N2O4/c11-9(15)4-8(14)10(16)7-3-1-2-6(5-13)12-7/h1-3,5,8,10,14,16H,4H2,(H2,11,15). The number of nitrogens with zero attached hydrogens (tertiary/aromatic N) is 1. The number of rotatable bonds is 5. The lowest BCUT2D eigenvalue weighted by Crippen LogP contribution is -2.26. The van der Waals surface area contributed by atoms with Crippen LogP contribution in [0.1, 0.15) is 28.7 Å². The lowest BCUT2D eigenvalue weighted by Gasteiger charge is -2.15. The van der Waals surface area contributed by atoms with Crippen LogP contribution in [0.3, 0.4) is 0 Å². The molecule has 1 aromatic heterocycles. The molecule has 0 aliphatic rings. The van der Waals surface area contributed by atoms with Gasteiger partial charge in [-0.15, -0.1) is 0 Å². The molecule has 1 rings (SSSR count). The number of amides is 1. The summed E-state index contributed by atoms with van der Waals surface area (Å²) in [5, 5.41) is 19.0. The molecular formula is C10H12N2O4. The second-order valence-corrected chi connectivity index (χ2v) is 3.29. The molecule has 0 aliphatic carbocycles. The van der Waals surface area contributed by atoms with Gasteiger partial charge in [0.25, 0.3) is 0 Å². The van der Waals surface area contributed by atoms with E-state index in [-0.39, 0.29) is 17.8 Å². The summed E-state index contributed by atoms with van der Waals surface area (Å²) >= 11 is 0. The first-order chi connectivity index (χ1) is 7.54. The van der Waals surface area contributed by atoms with E-state index < -0.39 is 18.1 Å². The van der Waals surface area contributed by atoms with Crippen molar-refractivity contribution in [3.63, 3.8) is 0 Å². The highest BCUT2D eigenvalue weighted by molar-refractivity contribution is 5.74. The summed E-state index contributed by atoms with van der Waals surface area (Å²) in [6.45, 7) is 0. The van der Waals surface area contributed by atoms with Crippen LogP contribution < -0.4 is 5.73 Å². The fourth-order valence-electron chi connectivity index (χ4n) is 1.21. The quantitative estimate of drug-likeness (QED) is 0.564. The van der Waals surface area contributed by atoms with Crippen LogP contribution in [0.25, 0.3) is 0 Å². The fourth-order valence-corrected chi connectivity index (χ4v) is 1.21. The van der Waals surface area contributed by atoms with Crippen LogP contribution in [0, 0.1) is 0 Å². The number of primary amides is 1. The molecule has 1 amide bonds. The third-order valence-electron chi connectivity index (χ3n) is 1.99. The molecule has 6 heteroatoms. The van der Waals surface area contributed by atoms with Crippen LogP contribution in [0.2, 0.25) is 0 Å². The smallest absolute Gasteiger partial charge is 0.220 e. The van der Waals surface area contributed by atoms with Gasteiger partial charge in [-0.05, 0) is 12.1 Å². The summed E-state index contributed by atoms with van der Waals surface area (Å²) < 4.78 is 0. The van der Waals surface area contributed by atoms with Gasteiger partial charge in [-0.25, -0.2) is 4.98 Å². The van der Waals surface area contributed by atoms with Gasteiger partial charge in [0.15, 0.2) is 6.29 Å². The summed E-state index contributed by atoms with van der Waals surface area (Å²) in [6.07, 6.45) is -2.51. The van der Waals surface area contributed by atoms with Crippen molar-refractivity contribution in [1.82, 2.24) is 4.98 Å². The Balaban J connectivity index is 2.82. The van der Waals surface area contributed by atoms with E-state index in [4.69, 9.17) is 5.73 Å². The first kappa shape index (κ1) is 12.3. The van der Waals surface area contributed by atoms with Crippen molar-refractivity contribution in [3.8, 4) is 0 Å². The first-order valence-corrected chi connectivity index (χ1v) is 4.61. The Labute approximate surface area is 91.7 Å². The fraction of sp³-hybridized carbons (Fsp3) is 0.300. The minimum Gasteiger partial charge on any atom is -0.389 e. The van der Waals surface area contributed by atoms with Gasteiger partial charge >= 0.3 is 0 Å². The number of pyridine rings is 1. The molecule has 86 valence electrons. The van der Waals surface area contributed by atoms with Gasteiger partial charge in [0, 0.05) is 0 Å². The molecule has 0 saturated carbocycles. The Morgan fingerprint density at radius 1 is 1.50 bits per heavy atom. The molecule has 2 atom stereocenters. The molecule has 0 radical (unpaired) electrons. The second kappa shape index (κ2) is 5.34. The molecule has 0 aliphatic heterocycles. The molecule has 16 heavy (non-hydrogen) atoms. The second-order valence-electron chi connectivity index (χ2n) is 3.29. The Morgan fingerprint density at radius 3 is 2.75 bits per heavy atom. The number of carbonyl (C=O) groups is 2. The largest absolute Gasteiger partial charge is 0.389 e. The molecule has 0 saturated heterocycles. The van der Waals surface area contributed by atoms with E-state index >= 15 is 0 Å². The molecule has 0 aromatic carbocycles. The molecule has 1 aromatic rings. The minimum absolute atomic E-state index is 0.123. The van der Waals surface area contributed by atoms with E-state index in [1.54, 1.807) is 0 Å². The number of aliphatic hydroxyl groups excluding tert-OH is 2. The lowest BCUT2D eigenvalue weighted by atomic mass is 10.1. The van der Waals surface area contributed by atoms with Crippen molar-refractivity contribution in [3.05, 3.63) is 29.6 Å². The van der Waals surface area contributed by atoms with Crippen molar-refractivity contribution < 1.29 is 19.8 Å². The van der Waals surface area contributed by atoms with Crippen LogP contribution in [-0.4, -0.2) is 33.5 Å². The number of hydrogen-bond donors (Lipinski definition) is 3.